The van der Waals surface area contributed by atoms with E-state index in [1.165, 1.54) is 0 Å². The fourth-order valence-electron chi connectivity index (χ4n) is 2.37. The second-order valence-corrected chi connectivity index (χ2v) is 6.38. The van der Waals surface area contributed by atoms with Crippen LogP contribution in [0.5, 0.6) is 0 Å². The lowest BCUT2D eigenvalue weighted by atomic mass is 10.2. The fourth-order valence-corrected chi connectivity index (χ4v) is 2.84. The first-order valence-corrected chi connectivity index (χ1v) is 8.51. The van der Waals surface area contributed by atoms with Crippen LogP contribution in [0.25, 0.3) is 0 Å². The minimum Gasteiger partial charge on any atom is -0.379 e. The first kappa shape index (κ1) is 17.4. The van der Waals surface area contributed by atoms with Gasteiger partial charge in [-0.1, -0.05) is 15.9 Å². The van der Waals surface area contributed by atoms with Gasteiger partial charge in [-0.25, -0.2) is 0 Å². The van der Waals surface area contributed by atoms with Gasteiger partial charge in [0.2, 0.25) is 5.91 Å². The van der Waals surface area contributed by atoms with Crippen LogP contribution in [0.4, 0.5) is 5.69 Å². The Balaban J connectivity index is 1.59. The van der Waals surface area contributed by atoms with Crippen molar-refractivity contribution in [2.24, 2.45) is 0 Å². The number of aryl methyl sites for hydroxylation is 1. The molecular weight excluding hydrogens is 346 g/mol. The molecule has 0 atom stereocenters. The Labute approximate surface area is 140 Å². The molecule has 0 bridgehead atoms. The quantitative estimate of drug-likeness (QED) is 0.721. The summed E-state index contributed by atoms with van der Waals surface area (Å²) in [5.74, 6) is 0.0456. The summed E-state index contributed by atoms with van der Waals surface area (Å²) in [6, 6.07) is 5.85. The van der Waals surface area contributed by atoms with E-state index in [0.29, 0.717) is 13.0 Å². The van der Waals surface area contributed by atoms with Gasteiger partial charge in [-0.15, -0.1) is 0 Å². The van der Waals surface area contributed by atoms with E-state index in [1.807, 2.05) is 25.1 Å². The number of halogens is 1. The summed E-state index contributed by atoms with van der Waals surface area (Å²) in [4.78, 5) is 14.3. The molecule has 0 spiro atoms. The van der Waals surface area contributed by atoms with Crippen molar-refractivity contribution in [1.82, 2.24) is 10.2 Å². The zero-order chi connectivity index (χ0) is 15.8. The number of ether oxygens (including phenoxy) is 1. The lowest BCUT2D eigenvalue weighted by Gasteiger charge is -2.26. The maximum atomic E-state index is 11.9. The van der Waals surface area contributed by atoms with Crippen molar-refractivity contribution < 1.29 is 9.53 Å². The molecule has 0 saturated carbocycles. The molecule has 2 N–H and O–H groups in total. The summed E-state index contributed by atoms with van der Waals surface area (Å²) in [7, 11) is 0. The van der Waals surface area contributed by atoms with Gasteiger partial charge in [0.25, 0.3) is 0 Å². The molecule has 1 aliphatic rings. The van der Waals surface area contributed by atoms with Gasteiger partial charge in [0, 0.05) is 49.3 Å². The first-order valence-electron chi connectivity index (χ1n) is 7.72. The molecule has 0 unspecified atom stereocenters. The summed E-state index contributed by atoms with van der Waals surface area (Å²) < 4.78 is 6.34. The number of nitrogens with one attached hydrogen (secondary N) is 2. The molecule has 1 fully saturated rings. The van der Waals surface area contributed by atoms with Gasteiger partial charge in [0.1, 0.15) is 0 Å². The molecule has 1 saturated heterocycles. The number of hydrogen-bond donors (Lipinski definition) is 2. The van der Waals surface area contributed by atoms with E-state index in [1.54, 1.807) is 0 Å². The summed E-state index contributed by atoms with van der Waals surface area (Å²) in [5.41, 5.74) is 1.93. The summed E-state index contributed by atoms with van der Waals surface area (Å²) in [6.45, 7) is 8.27. The number of carbonyl (C=O) groups is 1. The predicted octanol–water partition coefficient (Wildman–Crippen LogP) is 2.01. The number of benzene rings is 1. The highest BCUT2D eigenvalue weighted by Gasteiger charge is 2.09. The number of hydrogen-bond acceptors (Lipinski definition) is 4. The van der Waals surface area contributed by atoms with Crippen LogP contribution >= 0.6 is 15.9 Å². The molecule has 1 aliphatic heterocycles. The smallest absolute Gasteiger partial charge is 0.225 e. The van der Waals surface area contributed by atoms with E-state index in [0.717, 1.165) is 55.1 Å². The van der Waals surface area contributed by atoms with Crippen LogP contribution in [0.15, 0.2) is 22.7 Å². The fraction of sp³-hybridized carbons (Fsp3) is 0.562. The van der Waals surface area contributed by atoms with Crippen molar-refractivity contribution in [1.29, 1.82) is 0 Å². The third kappa shape index (κ3) is 6.04. The number of morpholine rings is 1. The van der Waals surface area contributed by atoms with Crippen LogP contribution in [0.1, 0.15) is 12.0 Å². The van der Waals surface area contributed by atoms with Crippen molar-refractivity contribution in [3.05, 3.63) is 28.2 Å². The Morgan fingerprint density at radius 3 is 2.82 bits per heavy atom. The second-order valence-electron chi connectivity index (χ2n) is 5.46. The first-order chi connectivity index (χ1) is 10.6. The largest absolute Gasteiger partial charge is 0.379 e. The Kier molecular flexibility index (Phi) is 7.32. The molecule has 22 heavy (non-hydrogen) atoms. The number of anilines is 1. The Bertz CT molecular complexity index is 490. The average molecular weight is 370 g/mol. The SMILES string of the molecule is Cc1cc(Br)ccc1NC(=O)CCNCCN1CCOCC1. The molecule has 1 amide bonds. The van der Waals surface area contributed by atoms with Crippen LogP contribution in [-0.4, -0.2) is 56.7 Å². The molecule has 1 heterocycles. The van der Waals surface area contributed by atoms with Crippen LogP contribution in [0, 0.1) is 6.92 Å². The van der Waals surface area contributed by atoms with Crippen LogP contribution in [0.3, 0.4) is 0 Å². The highest BCUT2D eigenvalue weighted by molar-refractivity contribution is 9.10. The van der Waals surface area contributed by atoms with Crippen molar-refractivity contribution in [3.8, 4) is 0 Å². The normalized spacial score (nSPS) is 15.7. The highest BCUT2D eigenvalue weighted by atomic mass is 79.9. The molecule has 0 radical (unpaired) electrons. The molecule has 1 aromatic rings. The average Bonchev–Trinajstić information content (AvgIpc) is 2.51. The third-order valence-electron chi connectivity index (χ3n) is 3.70. The van der Waals surface area contributed by atoms with Crippen LogP contribution in [0.2, 0.25) is 0 Å². The van der Waals surface area contributed by atoms with E-state index in [9.17, 15) is 4.79 Å². The minimum absolute atomic E-state index is 0.0456. The Hall–Kier alpha value is -0.950. The number of nitrogens with zero attached hydrogens (tertiary/aromatic N) is 1. The molecule has 5 nitrogen and oxygen atoms in total. The maximum Gasteiger partial charge on any atom is 0.225 e. The van der Waals surface area contributed by atoms with Gasteiger partial charge in [-0.2, -0.15) is 0 Å². The maximum absolute atomic E-state index is 11.9. The van der Waals surface area contributed by atoms with E-state index in [2.05, 4.69) is 31.5 Å². The topological polar surface area (TPSA) is 53.6 Å². The molecule has 0 aliphatic carbocycles. The van der Waals surface area contributed by atoms with E-state index >= 15 is 0 Å². The van der Waals surface area contributed by atoms with Gasteiger partial charge in [-0.3, -0.25) is 9.69 Å². The zero-order valence-electron chi connectivity index (χ0n) is 13.0. The Morgan fingerprint density at radius 2 is 2.09 bits per heavy atom. The van der Waals surface area contributed by atoms with Gasteiger partial charge in [-0.05, 0) is 30.7 Å². The summed E-state index contributed by atoms with van der Waals surface area (Å²) in [5, 5.41) is 6.27. The van der Waals surface area contributed by atoms with E-state index in [4.69, 9.17) is 4.74 Å². The van der Waals surface area contributed by atoms with Crippen molar-refractivity contribution in [3.63, 3.8) is 0 Å². The molecule has 2 rings (SSSR count). The van der Waals surface area contributed by atoms with E-state index in [-0.39, 0.29) is 5.91 Å². The molecule has 1 aromatic carbocycles. The van der Waals surface area contributed by atoms with Crippen LogP contribution < -0.4 is 10.6 Å². The lowest BCUT2D eigenvalue weighted by molar-refractivity contribution is -0.116. The van der Waals surface area contributed by atoms with Gasteiger partial charge < -0.3 is 15.4 Å². The number of carbonyl (C=O) groups excluding carboxylic acids is 1. The molecule has 6 heteroatoms. The van der Waals surface area contributed by atoms with Gasteiger partial charge in [0.15, 0.2) is 0 Å². The standard InChI is InChI=1S/C16H24BrN3O2/c1-13-12-14(17)2-3-15(13)19-16(21)4-5-18-6-7-20-8-10-22-11-9-20/h2-3,12,18H,4-11H2,1H3,(H,19,21). The predicted molar refractivity (Wildman–Crippen MR) is 92.3 cm³/mol. The zero-order valence-corrected chi connectivity index (χ0v) is 14.6. The minimum atomic E-state index is 0.0456. The summed E-state index contributed by atoms with van der Waals surface area (Å²) in [6.07, 6.45) is 0.485. The van der Waals surface area contributed by atoms with Crippen molar-refractivity contribution in [2.75, 3.05) is 51.3 Å². The monoisotopic (exact) mass is 369 g/mol. The summed E-state index contributed by atoms with van der Waals surface area (Å²) >= 11 is 3.42. The lowest BCUT2D eigenvalue weighted by Crippen LogP contribution is -2.40. The molecule has 0 aromatic heterocycles. The Morgan fingerprint density at radius 1 is 1.32 bits per heavy atom. The third-order valence-corrected chi connectivity index (χ3v) is 4.19. The van der Waals surface area contributed by atoms with Gasteiger partial charge >= 0.3 is 0 Å². The van der Waals surface area contributed by atoms with Crippen LogP contribution in [-0.2, 0) is 9.53 Å². The molecule has 122 valence electrons. The highest BCUT2D eigenvalue weighted by Crippen LogP contribution is 2.19. The number of amides is 1. The van der Waals surface area contributed by atoms with Crippen molar-refractivity contribution >= 4 is 27.5 Å². The van der Waals surface area contributed by atoms with E-state index < -0.39 is 0 Å². The van der Waals surface area contributed by atoms with Gasteiger partial charge in [0.05, 0.1) is 13.2 Å². The number of rotatable bonds is 7. The van der Waals surface area contributed by atoms with Crippen molar-refractivity contribution in [2.45, 2.75) is 13.3 Å². The second kappa shape index (κ2) is 9.25. The molecular formula is C16H24BrN3O2.